The summed E-state index contributed by atoms with van der Waals surface area (Å²) in [4.78, 5) is 0. The first kappa shape index (κ1) is 12.2. The number of furan rings is 1. The van der Waals surface area contributed by atoms with Gasteiger partial charge in [-0.3, -0.25) is 0 Å². The molecule has 1 aromatic carbocycles. The lowest BCUT2D eigenvalue weighted by atomic mass is 9.96. The third-order valence-electron chi connectivity index (χ3n) is 3.04. The van der Waals surface area contributed by atoms with Crippen LogP contribution in [0, 0.1) is 20.8 Å². The molecule has 0 spiro atoms. The maximum atomic E-state index is 10.2. The van der Waals surface area contributed by atoms with Crippen molar-refractivity contribution in [3.05, 3.63) is 57.5 Å². The number of hydrogen-bond donors (Lipinski definition) is 1. The maximum absolute atomic E-state index is 10.2. The van der Waals surface area contributed by atoms with E-state index in [2.05, 4.69) is 13.0 Å². The van der Waals surface area contributed by atoms with Gasteiger partial charge in [0, 0.05) is 0 Å². The van der Waals surface area contributed by atoms with Crippen LogP contribution in [0.15, 0.2) is 28.7 Å². The fraction of sp³-hybridized carbons (Fsp3) is 0.286. The second kappa shape index (κ2) is 4.55. The van der Waals surface area contributed by atoms with Crippen molar-refractivity contribution in [1.29, 1.82) is 0 Å². The molecule has 1 atom stereocenters. The summed E-state index contributed by atoms with van der Waals surface area (Å²) in [5.74, 6) is 0.473. The summed E-state index contributed by atoms with van der Waals surface area (Å²) in [6.07, 6.45) is -0.762. The summed E-state index contributed by atoms with van der Waals surface area (Å²) >= 11 is 5.71. The van der Waals surface area contributed by atoms with Crippen molar-refractivity contribution in [2.24, 2.45) is 0 Å². The summed E-state index contributed by atoms with van der Waals surface area (Å²) < 4.78 is 5.24. The predicted octanol–water partition coefficient (Wildman–Crippen LogP) is 3.94. The van der Waals surface area contributed by atoms with E-state index in [0.717, 1.165) is 16.7 Å². The molecule has 0 saturated carbocycles. The minimum atomic E-state index is -0.762. The molecule has 90 valence electrons. The molecule has 1 aromatic heterocycles. The molecule has 0 aliphatic rings. The van der Waals surface area contributed by atoms with Gasteiger partial charge in [-0.2, -0.15) is 0 Å². The van der Waals surface area contributed by atoms with Crippen LogP contribution >= 0.6 is 11.6 Å². The topological polar surface area (TPSA) is 33.4 Å². The molecule has 2 aromatic rings. The Kier molecular flexibility index (Phi) is 3.27. The number of aliphatic hydroxyl groups is 1. The Bertz CT molecular complexity index is 543. The molecule has 0 radical (unpaired) electrons. The maximum Gasteiger partial charge on any atom is 0.193 e. The minimum Gasteiger partial charge on any atom is -0.447 e. The molecule has 0 aliphatic heterocycles. The summed E-state index contributed by atoms with van der Waals surface area (Å²) in [6, 6.07) is 7.39. The van der Waals surface area contributed by atoms with Gasteiger partial charge in [-0.05, 0) is 66.8 Å². The van der Waals surface area contributed by atoms with Crippen LogP contribution in [-0.4, -0.2) is 5.11 Å². The van der Waals surface area contributed by atoms with Crippen molar-refractivity contribution < 1.29 is 9.52 Å². The predicted molar refractivity (Wildman–Crippen MR) is 68.4 cm³/mol. The van der Waals surface area contributed by atoms with Crippen LogP contribution in [0.1, 0.15) is 34.1 Å². The molecule has 0 amide bonds. The van der Waals surface area contributed by atoms with Gasteiger partial charge in [0.1, 0.15) is 11.9 Å². The third-order valence-corrected chi connectivity index (χ3v) is 3.24. The Morgan fingerprint density at radius 3 is 2.29 bits per heavy atom. The van der Waals surface area contributed by atoms with Crippen molar-refractivity contribution in [2.75, 3.05) is 0 Å². The Balaban J connectivity index is 2.43. The summed E-state index contributed by atoms with van der Waals surface area (Å²) in [5, 5.41) is 10.5. The van der Waals surface area contributed by atoms with Crippen molar-refractivity contribution in [2.45, 2.75) is 26.9 Å². The largest absolute Gasteiger partial charge is 0.447 e. The highest BCUT2D eigenvalue weighted by Gasteiger charge is 2.17. The average molecular weight is 251 g/mol. The Labute approximate surface area is 106 Å². The van der Waals surface area contributed by atoms with E-state index in [-0.39, 0.29) is 0 Å². The average Bonchev–Trinajstić information content (AvgIpc) is 2.69. The van der Waals surface area contributed by atoms with E-state index in [1.165, 1.54) is 5.56 Å². The lowest BCUT2D eigenvalue weighted by Crippen LogP contribution is -2.02. The van der Waals surface area contributed by atoms with E-state index in [4.69, 9.17) is 16.0 Å². The standard InChI is InChI=1S/C14H15ClO2/c1-8-6-10(3)11(7-9(8)2)14(16)12-4-5-13(15)17-12/h4-7,14,16H,1-3H3. The molecule has 3 heteroatoms. The van der Waals surface area contributed by atoms with Crippen LogP contribution in [0.4, 0.5) is 0 Å². The number of benzene rings is 1. The molecule has 0 bridgehead atoms. The molecule has 1 heterocycles. The van der Waals surface area contributed by atoms with Crippen LogP contribution in [0.5, 0.6) is 0 Å². The summed E-state index contributed by atoms with van der Waals surface area (Å²) in [6.45, 7) is 6.07. The first-order valence-electron chi connectivity index (χ1n) is 5.50. The van der Waals surface area contributed by atoms with Gasteiger partial charge in [-0.15, -0.1) is 0 Å². The molecular weight excluding hydrogens is 236 g/mol. The molecule has 1 unspecified atom stereocenters. The highest BCUT2D eigenvalue weighted by molar-refractivity contribution is 6.28. The fourth-order valence-corrected chi connectivity index (χ4v) is 2.06. The number of rotatable bonds is 2. The van der Waals surface area contributed by atoms with Gasteiger partial charge in [0.2, 0.25) is 0 Å². The Morgan fingerprint density at radius 1 is 1.06 bits per heavy atom. The molecule has 0 aliphatic carbocycles. The van der Waals surface area contributed by atoms with Crippen LogP contribution < -0.4 is 0 Å². The van der Waals surface area contributed by atoms with Gasteiger partial charge in [0.25, 0.3) is 0 Å². The smallest absolute Gasteiger partial charge is 0.193 e. The zero-order valence-corrected chi connectivity index (χ0v) is 10.9. The highest BCUT2D eigenvalue weighted by Crippen LogP contribution is 2.29. The monoisotopic (exact) mass is 250 g/mol. The van der Waals surface area contributed by atoms with Crippen LogP contribution in [-0.2, 0) is 0 Å². The van der Waals surface area contributed by atoms with Crippen LogP contribution in [0.3, 0.4) is 0 Å². The van der Waals surface area contributed by atoms with Gasteiger partial charge in [0.15, 0.2) is 5.22 Å². The second-order valence-corrected chi connectivity index (χ2v) is 4.71. The first-order valence-corrected chi connectivity index (χ1v) is 5.88. The molecule has 0 fully saturated rings. The molecule has 2 nitrogen and oxygen atoms in total. The highest BCUT2D eigenvalue weighted by atomic mass is 35.5. The minimum absolute atomic E-state index is 0.292. The lowest BCUT2D eigenvalue weighted by Gasteiger charge is -2.14. The molecule has 0 saturated heterocycles. The first-order chi connectivity index (χ1) is 7.99. The Hall–Kier alpha value is -1.25. The van der Waals surface area contributed by atoms with Crippen LogP contribution in [0.25, 0.3) is 0 Å². The van der Waals surface area contributed by atoms with Gasteiger partial charge in [0.05, 0.1) is 0 Å². The molecule has 2 rings (SSSR count). The SMILES string of the molecule is Cc1cc(C)c(C(O)c2ccc(Cl)o2)cc1C. The van der Waals surface area contributed by atoms with Crippen LogP contribution in [0.2, 0.25) is 5.22 Å². The molecule has 1 N–H and O–H groups in total. The number of hydrogen-bond acceptors (Lipinski definition) is 2. The Morgan fingerprint density at radius 2 is 1.71 bits per heavy atom. The van der Waals surface area contributed by atoms with Gasteiger partial charge >= 0.3 is 0 Å². The van der Waals surface area contributed by atoms with E-state index < -0.39 is 6.10 Å². The number of halogens is 1. The number of aryl methyl sites for hydroxylation is 3. The van der Waals surface area contributed by atoms with Crippen molar-refractivity contribution in [3.8, 4) is 0 Å². The van der Waals surface area contributed by atoms with Crippen molar-refractivity contribution >= 4 is 11.6 Å². The zero-order valence-electron chi connectivity index (χ0n) is 10.1. The van der Waals surface area contributed by atoms with E-state index >= 15 is 0 Å². The molecule has 17 heavy (non-hydrogen) atoms. The number of aliphatic hydroxyl groups excluding tert-OH is 1. The molecular formula is C14H15ClO2. The fourth-order valence-electron chi connectivity index (χ4n) is 1.91. The van der Waals surface area contributed by atoms with Crippen molar-refractivity contribution in [1.82, 2.24) is 0 Å². The van der Waals surface area contributed by atoms with Gasteiger partial charge < -0.3 is 9.52 Å². The van der Waals surface area contributed by atoms with E-state index in [0.29, 0.717) is 11.0 Å². The lowest BCUT2D eigenvalue weighted by molar-refractivity contribution is 0.189. The second-order valence-electron chi connectivity index (χ2n) is 4.34. The van der Waals surface area contributed by atoms with E-state index in [9.17, 15) is 5.11 Å². The van der Waals surface area contributed by atoms with Crippen molar-refractivity contribution in [3.63, 3.8) is 0 Å². The van der Waals surface area contributed by atoms with E-state index in [1.54, 1.807) is 12.1 Å². The third kappa shape index (κ3) is 2.38. The normalized spacial score (nSPS) is 12.8. The van der Waals surface area contributed by atoms with Gasteiger partial charge in [-0.25, -0.2) is 0 Å². The zero-order chi connectivity index (χ0) is 12.6. The quantitative estimate of drug-likeness (QED) is 0.876. The summed E-state index contributed by atoms with van der Waals surface area (Å²) in [7, 11) is 0. The van der Waals surface area contributed by atoms with Gasteiger partial charge in [-0.1, -0.05) is 12.1 Å². The summed E-state index contributed by atoms with van der Waals surface area (Å²) in [5.41, 5.74) is 4.28. The van der Waals surface area contributed by atoms with E-state index in [1.807, 2.05) is 19.9 Å².